The zero-order valence-corrected chi connectivity index (χ0v) is 9.73. The lowest BCUT2D eigenvalue weighted by Gasteiger charge is -2.19. The van der Waals surface area contributed by atoms with Crippen molar-refractivity contribution in [2.45, 2.75) is 39.7 Å². The van der Waals surface area contributed by atoms with Crippen molar-refractivity contribution < 1.29 is 4.79 Å². The van der Waals surface area contributed by atoms with Crippen LogP contribution in [-0.2, 0) is 4.79 Å². The van der Waals surface area contributed by atoms with Gasteiger partial charge in [0.15, 0.2) is 0 Å². The topological polar surface area (TPSA) is 41.1 Å². The third kappa shape index (κ3) is 7.80. The third-order valence-electron chi connectivity index (χ3n) is 1.88. The molecule has 3 nitrogen and oxygen atoms in total. The highest BCUT2D eigenvalue weighted by molar-refractivity contribution is 5.11. The molecule has 0 rings (SSSR count). The molecule has 2 N–H and O–H groups in total. The molecule has 14 heavy (non-hydrogen) atoms. The smallest absolute Gasteiger partial charge is 0.106 e. The van der Waals surface area contributed by atoms with Crippen molar-refractivity contribution in [2.75, 3.05) is 13.1 Å². The SMILES string of the molecule is C=C(NCCC)C(CC)NCC.C=O. The fourth-order valence-corrected chi connectivity index (χ4v) is 1.17. The van der Waals surface area contributed by atoms with E-state index >= 15 is 0 Å². The van der Waals surface area contributed by atoms with Crippen LogP contribution in [0.25, 0.3) is 0 Å². The number of hydrogen-bond donors (Lipinski definition) is 2. The maximum atomic E-state index is 8.00. The van der Waals surface area contributed by atoms with Gasteiger partial charge in [-0.15, -0.1) is 0 Å². The molecular formula is C11H24N2O. The van der Waals surface area contributed by atoms with Crippen molar-refractivity contribution in [1.29, 1.82) is 0 Å². The normalized spacial score (nSPS) is 11.1. The van der Waals surface area contributed by atoms with Crippen LogP contribution in [0.3, 0.4) is 0 Å². The van der Waals surface area contributed by atoms with E-state index < -0.39 is 0 Å². The summed E-state index contributed by atoms with van der Waals surface area (Å²) in [6.07, 6.45) is 2.25. The minimum Gasteiger partial charge on any atom is -0.388 e. The Kier molecular flexibility index (Phi) is 13.6. The average molecular weight is 200 g/mol. The van der Waals surface area contributed by atoms with Gasteiger partial charge in [0.1, 0.15) is 6.79 Å². The lowest BCUT2D eigenvalue weighted by Crippen LogP contribution is -2.35. The first-order valence-corrected chi connectivity index (χ1v) is 5.21. The predicted molar refractivity (Wildman–Crippen MR) is 62.3 cm³/mol. The Morgan fingerprint density at radius 1 is 1.29 bits per heavy atom. The molecule has 0 fully saturated rings. The molecule has 0 aromatic rings. The van der Waals surface area contributed by atoms with Crippen LogP contribution in [0.1, 0.15) is 33.6 Å². The predicted octanol–water partition coefficient (Wildman–Crippen LogP) is 1.70. The van der Waals surface area contributed by atoms with Crippen LogP contribution in [-0.4, -0.2) is 25.9 Å². The molecule has 0 aliphatic carbocycles. The number of carbonyl (C=O) groups excluding carboxylic acids is 1. The molecule has 84 valence electrons. The van der Waals surface area contributed by atoms with Crippen LogP contribution < -0.4 is 10.6 Å². The molecular weight excluding hydrogens is 176 g/mol. The van der Waals surface area contributed by atoms with Gasteiger partial charge in [0.05, 0.1) is 0 Å². The molecule has 0 spiro atoms. The Morgan fingerprint density at radius 2 is 1.86 bits per heavy atom. The number of rotatable bonds is 7. The quantitative estimate of drug-likeness (QED) is 0.657. The highest BCUT2D eigenvalue weighted by atomic mass is 16.1. The highest BCUT2D eigenvalue weighted by Crippen LogP contribution is 1.99. The van der Waals surface area contributed by atoms with Crippen molar-refractivity contribution in [2.24, 2.45) is 0 Å². The van der Waals surface area contributed by atoms with Crippen LogP contribution >= 0.6 is 0 Å². The van der Waals surface area contributed by atoms with Crippen LogP contribution in [0.4, 0.5) is 0 Å². The number of carbonyl (C=O) groups is 1. The summed E-state index contributed by atoms with van der Waals surface area (Å²) in [6, 6.07) is 0.432. The second-order valence-corrected chi connectivity index (χ2v) is 2.97. The summed E-state index contributed by atoms with van der Waals surface area (Å²) in [5, 5.41) is 6.69. The van der Waals surface area contributed by atoms with E-state index in [4.69, 9.17) is 4.79 Å². The lowest BCUT2D eigenvalue weighted by molar-refractivity contribution is -0.0979. The van der Waals surface area contributed by atoms with Crippen molar-refractivity contribution in [3.8, 4) is 0 Å². The Balaban J connectivity index is 0. The zero-order valence-electron chi connectivity index (χ0n) is 9.73. The molecule has 3 heteroatoms. The Hall–Kier alpha value is -0.830. The minimum absolute atomic E-state index is 0.432. The number of likely N-dealkylation sites (N-methyl/N-ethyl adjacent to an activating group) is 1. The van der Waals surface area contributed by atoms with E-state index in [-0.39, 0.29) is 0 Å². The molecule has 0 heterocycles. The molecule has 0 amide bonds. The molecule has 0 aromatic heterocycles. The van der Waals surface area contributed by atoms with Gasteiger partial charge in [-0.2, -0.15) is 0 Å². The Bertz CT molecular complexity index is 137. The van der Waals surface area contributed by atoms with Crippen LogP contribution in [0.15, 0.2) is 12.3 Å². The maximum absolute atomic E-state index is 8.00. The van der Waals surface area contributed by atoms with Crippen molar-refractivity contribution in [1.82, 2.24) is 10.6 Å². The molecule has 0 bridgehead atoms. The zero-order chi connectivity index (χ0) is 11.4. The van der Waals surface area contributed by atoms with Gasteiger partial charge >= 0.3 is 0 Å². The van der Waals surface area contributed by atoms with Crippen molar-refractivity contribution >= 4 is 6.79 Å². The molecule has 0 aromatic carbocycles. The van der Waals surface area contributed by atoms with Gasteiger partial charge in [0, 0.05) is 18.3 Å². The van der Waals surface area contributed by atoms with Gasteiger partial charge in [-0.05, 0) is 19.4 Å². The van der Waals surface area contributed by atoms with E-state index in [0.29, 0.717) is 6.04 Å². The van der Waals surface area contributed by atoms with E-state index in [1.165, 1.54) is 0 Å². The van der Waals surface area contributed by atoms with Gasteiger partial charge in [-0.3, -0.25) is 0 Å². The van der Waals surface area contributed by atoms with Crippen molar-refractivity contribution in [3.05, 3.63) is 12.3 Å². The molecule has 0 aliphatic rings. The molecule has 1 atom stereocenters. The Morgan fingerprint density at radius 3 is 2.21 bits per heavy atom. The average Bonchev–Trinajstić information content (AvgIpc) is 2.25. The molecule has 0 radical (unpaired) electrons. The maximum Gasteiger partial charge on any atom is 0.106 e. The second kappa shape index (κ2) is 12.2. The first kappa shape index (κ1) is 15.6. The number of hydrogen-bond acceptors (Lipinski definition) is 3. The Labute approximate surface area is 88.0 Å². The highest BCUT2D eigenvalue weighted by Gasteiger charge is 2.06. The largest absolute Gasteiger partial charge is 0.388 e. The molecule has 0 saturated heterocycles. The van der Waals surface area contributed by atoms with Crippen molar-refractivity contribution in [3.63, 3.8) is 0 Å². The first-order chi connectivity index (χ1) is 6.76. The van der Waals surface area contributed by atoms with Crippen LogP contribution in [0.5, 0.6) is 0 Å². The van der Waals surface area contributed by atoms with Crippen LogP contribution in [0, 0.1) is 0 Å². The van der Waals surface area contributed by atoms with E-state index in [9.17, 15) is 0 Å². The van der Waals surface area contributed by atoms with E-state index in [1.807, 2.05) is 6.79 Å². The number of nitrogens with one attached hydrogen (secondary N) is 2. The van der Waals surface area contributed by atoms with E-state index in [0.717, 1.165) is 31.6 Å². The van der Waals surface area contributed by atoms with E-state index in [1.54, 1.807) is 0 Å². The summed E-state index contributed by atoms with van der Waals surface area (Å²) in [5.74, 6) is 0. The van der Waals surface area contributed by atoms with Gasteiger partial charge in [0.2, 0.25) is 0 Å². The third-order valence-corrected chi connectivity index (χ3v) is 1.88. The lowest BCUT2D eigenvalue weighted by atomic mass is 10.1. The minimum atomic E-state index is 0.432. The molecule has 0 aliphatic heterocycles. The molecule has 1 unspecified atom stereocenters. The van der Waals surface area contributed by atoms with Gasteiger partial charge < -0.3 is 15.4 Å². The summed E-state index contributed by atoms with van der Waals surface area (Å²) in [6.45, 7) is 14.5. The standard InChI is InChI=1S/C10H22N2.CH2O/c1-5-8-12-9(4)10(6-2)11-7-3;1-2/h10-12H,4-8H2,1-3H3;1H2. The fraction of sp³-hybridized carbons (Fsp3) is 0.727. The summed E-state index contributed by atoms with van der Waals surface area (Å²) in [4.78, 5) is 8.00. The second-order valence-electron chi connectivity index (χ2n) is 2.97. The summed E-state index contributed by atoms with van der Waals surface area (Å²) in [5.41, 5.74) is 1.13. The van der Waals surface area contributed by atoms with E-state index in [2.05, 4.69) is 38.0 Å². The summed E-state index contributed by atoms with van der Waals surface area (Å²) in [7, 11) is 0. The fourth-order valence-electron chi connectivity index (χ4n) is 1.17. The monoisotopic (exact) mass is 200 g/mol. The van der Waals surface area contributed by atoms with Gasteiger partial charge in [0.25, 0.3) is 0 Å². The summed E-state index contributed by atoms with van der Waals surface area (Å²) < 4.78 is 0. The molecule has 0 saturated carbocycles. The van der Waals surface area contributed by atoms with Crippen LogP contribution in [0.2, 0.25) is 0 Å². The first-order valence-electron chi connectivity index (χ1n) is 5.21. The summed E-state index contributed by atoms with van der Waals surface area (Å²) >= 11 is 0. The van der Waals surface area contributed by atoms with Gasteiger partial charge in [-0.1, -0.05) is 27.4 Å². The van der Waals surface area contributed by atoms with Gasteiger partial charge in [-0.25, -0.2) is 0 Å².